The third-order valence-corrected chi connectivity index (χ3v) is 3.70. The lowest BCUT2D eigenvalue weighted by atomic mass is 10.2. The molecule has 0 saturated heterocycles. The molecule has 0 fully saturated rings. The van der Waals surface area contributed by atoms with Crippen LogP contribution in [-0.2, 0) is 0 Å². The summed E-state index contributed by atoms with van der Waals surface area (Å²) < 4.78 is 0. The van der Waals surface area contributed by atoms with Crippen LogP contribution < -0.4 is 11.5 Å². The zero-order valence-electron chi connectivity index (χ0n) is 8.72. The maximum absolute atomic E-state index is 8.63. The van der Waals surface area contributed by atoms with Gasteiger partial charge in [0.1, 0.15) is 0 Å². The van der Waals surface area contributed by atoms with Gasteiger partial charge >= 0.3 is 0 Å². The fourth-order valence-electron chi connectivity index (χ4n) is 1.41. The highest BCUT2D eigenvalue weighted by atomic mass is 35.5. The first-order chi connectivity index (χ1) is 8.11. The molecular weight excluding hydrogens is 258 g/mol. The largest absolute Gasteiger partial charge is 0.409 e. The molecule has 0 saturated carbocycles. The Morgan fingerprint density at radius 2 is 1.94 bits per heavy atom. The van der Waals surface area contributed by atoms with E-state index in [4.69, 9.17) is 28.3 Å². The summed E-state index contributed by atoms with van der Waals surface area (Å²) >= 11 is 7.18. The van der Waals surface area contributed by atoms with E-state index in [9.17, 15) is 0 Å². The van der Waals surface area contributed by atoms with Crippen LogP contribution in [0.5, 0.6) is 0 Å². The van der Waals surface area contributed by atoms with Crippen molar-refractivity contribution in [2.45, 2.75) is 0 Å². The van der Waals surface area contributed by atoms with Crippen LogP contribution in [0.25, 0.3) is 10.4 Å². The smallest absolute Gasteiger partial charge is 0.182 e. The molecule has 2 aromatic rings. The van der Waals surface area contributed by atoms with Gasteiger partial charge in [0, 0.05) is 9.90 Å². The van der Waals surface area contributed by atoms with Crippen molar-refractivity contribution in [1.29, 1.82) is 0 Å². The maximum Gasteiger partial charge on any atom is 0.182 e. The Morgan fingerprint density at radius 1 is 1.29 bits per heavy atom. The molecule has 2 rings (SSSR count). The number of hydrogen-bond donors (Lipinski definition) is 3. The lowest BCUT2D eigenvalue weighted by Crippen LogP contribution is -2.12. The summed E-state index contributed by atoms with van der Waals surface area (Å²) in [7, 11) is 0. The fourth-order valence-corrected chi connectivity index (χ4v) is 2.52. The lowest BCUT2D eigenvalue weighted by Gasteiger charge is -1.96. The molecule has 0 aliphatic heterocycles. The van der Waals surface area contributed by atoms with Crippen molar-refractivity contribution in [2.75, 3.05) is 5.73 Å². The van der Waals surface area contributed by atoms with E-state index in [-0.39, 0.29) is 5.84 Å². The van der Waals surface area contributed by atoms with Crippen molar-refractivity contribution < 1.29 is 5.21 Å². The fraction of sp³-hybridized carbons (Fsp3) is 0. The van der Waals surface area contributed by atoms with Crippen molar-refractivity contribution in [3.8, 4) is 10.4 Å². The van der Waals surface area contributed by atoms with Crippen LogP contribution >= 0.6 is 22.9 Å². The van der Waals surface area contributed by atoms with Crippen LogP contribution in [0, 0.1) is 0 Å². The van der Waals surface area contributed by atoms with Crippen molar-refractivity contribution in [3.63, 3.8) is 0 Å². The zero-order valence-corrected chi connectivity index (χ0v) is 10.3. The van der Waals surface area contributed by atoms with Crippen LogP contribution in [0.15, 0.2) is 35.5 Å². The van der Waals surface area contributed by atoms with Crippen molar-refractivity contribution in [1.82, 2.24) is 0 Å². The quantitative estimate of drug-likeness (QED) is 0.338. The van der Waals surface area contributed by atoms with E-state index in [1.807, 2.05) is 12.1 Å². The summed E-state index contributed by atoms with van der Waals surface area (Å²) in [5.74, 6) is 0.0210. The van der Waals surface area contributed by atoms with E-state index in [1.165, 1.54) is 11.3 Å². The van der Waals surface area contributed by atoms with E-state index >= 15 is 0 Å². The van der Waals surface area contributed by atoms with Crippen molar-refractivity contribution >= 4 is 34.5 Å². The molecule has 0 amide bonds. The number of halogens is 1. The van der Waals surface area contributed by atoms with Gasteiger partial charge in [-0.05, 0) is 23.8 Å². The Hall–Kier alpha value is -1.72. The van der Waals surface area contributed by atoms with Gasteiger partial charge in [0.05, 0.1) is 10.6 Å². The lowest BCUT2D eigenvalue weighted by molar-refractivity contribution is 0.319. The SMILES string of the molecule is N/C(=N/O)c1sc(-c2ccc(Cl)cc2)cc1N. The molecule has 4 nitrogen and oxygen atoms in total. The molecule has 0 atom stereocenters. The zero-order chi connectivity index (χ0) is 12.4. The van der Waals surface area contributed by atoms with E-state index in [0.717, 1.165) is 10.4 Å². The van der Waals surface area contributed by atoms with E-state index in [1.54, 1.807) is 18.2 Å². The van der Waals surface area contributed by atoms with Crippen molar-refractivity contribution in [2.24, 2.45) is 10.9 Å². The summed E-state index contributed by atoms with van der Waals surface area (Å²) in [6, 6.07) is 9.18. The Kier molecular flexibility index (Phi) is 3.21. The van der Waals surface area contributed by atoms with E-state index in [2.05, 4.69) is 5.16 Å². The topological polar surface area (TPSA) is 84.6 Å². The second kappa shape index (κ2) is 4.65. The number of nitrogens with two attached hydrogens (primary N) is 2. The van der Waals surface area contributed by atoms with Crippen LogP contribution in [0.2, 0.25) is 5.02 Å². The van der Waals surface area contributed by atoms with Crippen LogP contribution in [0.1, 0.15) is 4.88 Å². The number of thiophene rings is 1. The van der Waals surface area contributed by atoms with E-state index < -0.39 is 0 Å². The Balaban J connectivity index is 2.44. The Morgan fingerprint density at radius 3 is 2.53 bits per heavy atom. The standard InChI is InChI=1S/C11H10ClN3OS/c12-7-3-1-6(2-4-7)9-5-8(13)10(17-9)11(14)15-16/h1-5,16H,13H2,(H2,14,15). The molecule has 0 aliphatic rings. The molecule has 0 radical (unpaired) electrons. The third kappa shape index (κ3) is 2.35. The normalized spacial score (nSPS) is 11.7. The predicted octanol–water partition coefficient (Wildman–Crippen LogP) is 2.75. The molecule has 5 N–H and O–H groups in total. The third-order valence-electron chi connectivity index (χ3n) is 2.23. The molecule has 17 heavy (non-hydrogen) atoms. The van der Waals surface area contributed by atoms with Gasteiger partial charge in [-0.2, -0.15) is 0 Å². The van der Waals surface area contributed by atoms with Gasteiger partial charge in [-0.25, -0.2) is 0 Å². The summed E-state index contributed by atoms with van der Waals surface area (Å²) in [4.78, 5) is 1.51. The number of nitrogens with zero attached hydrogens (tertiary/aromatic N) is 1. The van der Waals surface area contributed by atoms with Gasteiger partial charge < -0.3 is 16.7 Å². The van der Waals surface area contributed by atoms with Gasteiger partial charge in [-0.15, -0.1) is 11.3 Å². The first-order valence-corrected chi connectivity index (χ1v) is 5.94. The first kappa shape index (κ1) is 11.8. The molecule has 88 valence electrons. The van der Waals surface area contributed by atoms with Gasteiger partial charge in [-0.1, -0.05) is 28.9 Å². The molecule has 0 bridgehead atoms. The number of anilines is 1. The number of rotatable bonds is 2. The minimum Gasteiger partial charge on any atom is -0.409 e. The van der Waals surface area contributed by atoms with Gasteiger partial charge in [-0.3, -0.25) is 0 Å². The molecule has 6 heteroatoms. The molecule has 1 aromatic heterocycles. The maximum atomic E-state index is 8.63. The molecular formula is C11H10ClN3OS. The second-order valence-electron chi connectivity index (χ2n) is 3.39. The predicted molar refractivity (Wildman–Crippen MR) is 71.7 cm³/mol. The molecule has 0 unspecified atom stereocenters. The number of nitrogen functional groups attached to an aromatic ring is 1. The number of hydrogen-bond acceptors (Lipinski definition) is 4. The molecule has 1 heterocycles. The summed E-state index contributed by atoms with van der Waals surface area (Å²) in [6.45, 7) is 0. The van der Waals surface area contributed by atoms with Crippen LogP contribution in [-0.4, -0.2) is 11.0 Å². The van der Waals surface area contributed by atoms with Gasteiger partial charge in [0.15, 0.2) is 5.84 Å². The average Bonchev–Trinajstić information content (AvgIpc) is 2.71. The van der Waals surface area contributed by atoms with Gasteiger partial charge in [0.2, 0.25) is 0 Å². The van der Waals surface area contributed by atoms with Gasteiger partial charge in [0.25, 0.3) is 0 Å². The van der Waals surface area contributed by atoms with Crippen LogP contribution in [0.3, 0.4) is 0 Å². The Labute approximate surface area is 107 Å². The Bertz CT molecular complexity index is 563. The number of oxime groups is 1. The molecule has 1 aromatic carbocycles. The molecule has 0 aliphatic carbocycles. The minimum atomic E-state index is 0.0210. The minimum absolute atomic E-state index is 0.0210. The number of benzene rings is 1. The van der Waals surface area contributed by atoms with Crippen LogP contribution in [0.4, 0.5) is 5.69 Å². The molecule has 0 spiro atoms. The first-order valence-electron chi connectivity index (χ1n) is 4.75. The summed E-state index contributed by atoms with van der Waals surface area (Å²) in [5, 5.41) is 12.2. The van der Waals surface area contributed by atoms with Crippen molar-refractivity contribution in [3.05, 3.63) is 40.2 Å². The average molecular weight is 268 g/mol. The summed E-state index contributed by atoms with van der Waals surface area (Å²) in [6.07, 6.45) is 0. The monoisotopic (exact) mass is 267 g/mol. The highest BCUT2D eigenvalue weighted by Gasteiger charge is 2.11. The summed E-state index contributed by atoms with van der Waals surface area (Å²) in [5.41, 5.74) is 12.8. The van der Waals surface area contributed by atoms with E-state index in [0.29, 0.717) is 15.6 Å². The number of amidine groups is 1. The highest BCUT2D eigenvalue weighted by Crippen LogP contribution is 2.33. The second-order valence-corrected chi connectivity index (χ2v) is 4.88. The highest BCUT2D eigenvalue weighted by molar-refractivity contribution is 7.18.